The van der Waals surface area contributed by atoms with Crippen molar-refractivity contribution in [3.8, 4) is 5.75 Å². The molecule has 0 saturated heterocycles. The second-order valence-electron chi connectivity index (χ2n) is 9.08. The molecule has 7 nitrogen and oxygen atoms in total. The van der Waals surface area contributed by atoms with Crippen molar-refractivity contribution in [2.24, 2.45) is 11.8 Å². The number of carbonyl (C=O) groups excluding carboxylic acids is 1. The van der Waals surface area contributed by atoms with Crippen LogP contribution < -0.4 is 10.1 Å². The van der Waals surface area contributed by atoms with Gasteiger partial charge in [-0.15, -0.1) is 10.1 Å². The number of nitrogens with one attached hydrogen (secondary N) is 1. The van der Waals surface area contributed by atoms with Crippen molar-refractivity contribution < 1.29 is 32.6 Å². The molecule has 1 N–H and O–H groups in total. The topological polar surface area (TPSA) is 90.7 Å². The highest BCUT2D eigenvalue weighted by Crippen LogP contribution is 2.32. The van der Waals surface area contributed by atoms with Gasteiger partial charge in [-0.25, -0.2) is 0 Å². The van der Waals surface area contributed by atoms with E-state index >= 15 is 0 Å². The van der Waals surface area contributed by atoms with Crippen molar-refractivity contribution in [2.45, 2.75) is 84.9 Å². The molecule has 2 rings (SSSR count). The van der Waals surface area contributed by atoms with Crippen LogP contribution in [0.4, 0.5) is 13.2 Å². The van der Waals surface area contributed by atoms with Crippen molar-refractivity contribution in [3.63, 3.8) is 0 Å². The summed E-state index contributed by atoms with van der Waals surface area (Å²) in [5.41, 5.74) is -0.671. The van der Waals surface area contributed by atoms with Gasteiger partial charge in [-0.05, 0) is 63.1 Å². The molecule has 0 aromatic heterocycles. The second-order valence-corrected chi connectivity index (χ2v) is 9.08. The normalized spacial score (nSPS) is 17.7. The third-order valence-corrected chi connectivity index (χ3v) is 5.77. The van der Waals surface area contributed by atoms with Crippen molar-refractivity contribution in [1.29, 1.82) is 0 Å². The first kappa shape index (κ1) is 35.0. The van der Waals surface area contributed by atoms with E-state index < -0.39 is 16.8 Å². The molecule has 216 valence electrons. The van der Waals surface area contributed by atoms with Crippen molar-refractivity contribution >= 4 is 6.41 Å². The van der Waals surface area contributed by atoms with Gasteiger partial charge in [0.2, 0.25) is 6.41 Å². The number of hydrogen-bond acceptors (Lipinski definition) is 5. The van der Waals surface area contributed by atoms with E-state index in [1.165, 1.54) is 44.6 Å². The Kier molecular flexibility index (Phi) is 19.3. The number of ether oxygens (including phenoxy) is 1. The van der Waals surface area contributed by atoms with E-state index in [1.54, 1.807) is 13.0 Å². The number of nitrogens with zero attached hydrogens (tertiary/aromatic N) is 1. The Labute approximate surface area is 224 Å². The second kappa shape index (κ2) is 21.0. The van der Waals surface area contributed by atoms with E-state index in [1.807, 2.05) is 0 Å². The fourth-order valence-corrected chi connectivity index (χ4v) is 3.56. The summed E-state index contributed by atoms with van der Waals surface area (Å²) in [7, 11) is 0. The number of benzene rings is 1. The maximum absolute atomic E-state index is 12.6. The van der Waals surface area contributed by atoms with Crippen molar-refractivity contribution in [3.05, 3.63) is 64.2 Å². The lowest BCUT2D eigenvalue weighted by atomic mass is 9.97. The summed E-state index contributed by atoms with van der Waals surface area (Å²) < 4.78 is 43.0. The first-order chi connectivity index (χ1) is 18.0. The SMILES string of the molecule is C/C=C\CCCC.CC(CO[N+](=O)[O-])NC=O.CC1CCCC1/C=C/CCOc1cccc(C(F)(F)F)c1. The molecule has 38 heavy (non-hydrogen) atoms. The first-order valence-electron chi connectivity index (χ1n) is 13.1. The largest absolute Gasteiger partial charge is 0.493 e. The molecule has 3 unspecified atom stereocenters. The summed E-state index contributed by atoms with van der Waals surface area (Å²) in [6.45, 7) is 8.42. The monoisotopic (exact) mass is 544 g/mol. The standard InChI is InChI=1S/C17H21F3O.C7H14.C4H8N2O4/c1-13-6-4-8-14(13)7-2-3-11-21-16-10-5-9-15(12-16)17(18,19)20;1-3-5-7-6-4-2;1-4(5-3-7)2-10-6(8)9/h2,5,7,9-10,12-14H,3-4,6,8,11H2,1H3;3,5H,4,6-7H2,1-2H3;3-4H,2H2,1H3,(H,5,7)/b7-2+;5-3-;. The molecule has 1 aromatic carbocycles. The third-order valence-electron chi connectivity index (χ3n) is 5.77. The highest BCUT2D eigenvalue weighted by molar-refractivity contribution is 5.46. The Hall–Kier alpha value is -3.04. The van der Waals surface area contributed by atoms with E-state index in [9.17, 15) is 28.1 Å². The zero-order chi connectivity index (χ0) is 28.8. The first-order valence-corrected chi connectivity index (χ1v) is 13.1. The van der Waals surface area contributed by atoms with Crippen LogP contribution in [0.15, 0.2) is 48.6 Å². The Morgan fingerprint density at radius 3 is 2.53 bits per heavy atom. The van der Waals surface area contributed by atoms with E-state index in [2.05, 4.69) is 55.2 Å². The lowest BCUT2D eigenvalue weighted by molar-refractivity contribution is -0.758. The molecule has 1 aromatic rings. The zero-order valence-corrected chi connectivity index (χ0v) is 22.9. The Balaban J connectivity index is 0.000000669. The maximum Gasteiger partial charge on any atom is 0.416 e. The lowest BCUT2D eigenvalue weighted by Crippen LogP contribution is -2.30. The predicted molar refractivity (Wildman–Crippen MR) is 143 cm³/mol. The van der Waals surface area contributed by atoms with Gasteiger partial charge in [-0.2, -0.15) is 13.2 Å². The summed E-state index contributed by atoms with van der Waals surface area (Å²) in [4.78, 5) is 23.3. The van der Waals surface area contributed by atoms with E-state index in [4.69, 9.17) is 4.74 Å². The van der Waals surface area contributed by atoms with E-state index in [0.717, 1.165) is 24.5 Å². The van der Waals surface area contributed by atoms with Crippen molar-refractivity contribution in [2.75, 3.05) is 13.2 Å². The molecular formula is C28H43F3N2O5. The number of rotatable bonds is 13. The average molecular weight is 545 g/mol. The van der Waals surface area contributed by atoms with Gasteiger partial charge < -0.3 is 14.9 Å². The number of allylic oxidation sites excluding steroid dienone is 3. The van der Waals surface area contributed by atoms with Crippen molar-refractivity contribution in [1.82, 2.24) is 5.32 Å². The van der Waals surface area contributed by atoms with Crippen LogP contribution in [0.1, 0.15) is 78.2 Å². The Bertz CT molecular complexity index is 831. The molecule has 0 bridgehead atoms. The smallest absolute Gasteiger partial charge is 0.416 e. The maximum atomic E-state index is 12.6. The molecule has 1 amide bonds. The van der Waals surface area contributed by atoms with Crippen LogP contribution in [-0.4, -0.2) is 30.8 Å². The molecular weight excluding hydrogens is 501 g/mol. The summed E-state index contributed by atoms with van der Waals surface area (Å²) in [5, 5.41) is 11.0. The minimum absolute atomic E-state index is 0.119. The number of halogens is 3. The van der Waals surface area contributed by atoms with Gasteiger partial charge in [0.15, 0.2) is 0 Å². The highest BCUT2D eigenvalue weighted by atomic mass is 19.4. The minimum atomic E-state index is -4.32. The number of carbonyl (C=O) groups is 1. The van der Waals surface area contributed by atoms with Crippen LogP contribution in [0.2, 0.25) is 0 Å². The van der Waals surface area contributed by atoms with E-state index in [0.29, 0.717) is 18.9 Å². The molecule has 1 aliphatic rings. The van der Waals surface area contributed by atoms with Crippen LogP contribution in [0.25, 0.3) is 0 Å². The van der Waals surface area contributed by atoms with Gasteiger partial charge in [-0.3, -0.25) is 4.79 Å². The molecule has 1 aliphatic carbocycles. The molecule has 10 heteroatoms. The molecule has 3 atom stereocenters. The number of amides is 1. The summed E-state index contributed by atoms with van der Waals surface area (Å²) in [6, 6.07) is 4.69. The van der Waals surface area contributed by atoms with E-state index in [-0.39, 0.29) is 18.4 Å². The molecule has 0 heterocycles. The van der Waals surface area contributed by atoms with Gasteiger partial charge in [0.1, 0.15) is 12.4 Å². The zero-order valence-electron chi connectivity index (χ0n) is 22.9. The van der Waals surface area contributed by atoms with Crippen LogP contribution in [0.5, 0.6) is 5.75 Å². The Morgan fingerprint density at radius 1 is 1.24 bits per heavy atom. The highest BCUT2D eigenvalue weighted by Gasteiger charge is 2.30. The van der Waals surface area contributed by atoms with Gasteiger partial charge in [0, 0.05) is 6.04 Å². The number of alkyl halides is 3. The average Bonchev–Trinajstić information content (AvgIpc) is 3.28. The number of hydrogen-bond donors (Lipinski definition) is 1. The fraction of sp³-hybridized carbons (Fsp3) is 0.607. The fourth-order valence-electron chi connectivity index (χ4n) is 3.56. The van der Waals surface area contributed by atoms with Crippen LogP contribution >= 0.6 is 0 Å². The summed E-state index contributed by atoms with van der Waals surface area (Å²) >= 11 is 0. The third kappa shape index (κ3) is 18.2. The molecule has 0 aliphatic heterocycles. The van der Waals surface area contributed by atoms with Gasteiger partial charge >= 0.3 is 6.18 Å². The van der Waals surface area contributed by atoms with Gasteiger partial charge in [0.05, 0.1) is 12.2 Å². The quantitative estimate of drug-likeness (QED) is 0.0910. The summed E-state index contributed by atoms with van der Waals surface area (Å²) in [6.07, 6.45) is 13.2. The van der Waals surface area contributed by atoms with Gasteiger partial charge in [-0.1, -0.05) is 69.9 Å². The lowest BCUT2D eigenvalue weighted by Gasteiger charge is -2.10. The number of unbranched alkanes of at least 4 members (excludes halogenated alkanes) is 2. The molecule has 1 fully saturated rings. The van der Waals surface area contributed by atoms with Crippen LogP contribution in [0.3, 0.4) is 0 Å². The molecule has 1 saturated carbocycles. The minimum Gasteiger partial charge on any atom is -0.493 e. The molecule has 0 spiro atoms. The predicted octanol–water partition coefficient (Wildman–Crippen LogP) is 7.55. The molecule has 0 radical (unpaired) electrons. The summed E-state index contributed by atoms with van der Waals surface area (Å²) in [5.74, 6) is 1.66. The van der Waals surface area contributed by atoms with Crippen LogP contribution in [-0.2, 0) is 15.8 Å². The van der Waals surface area contributed by atoms with Gasteiger partial charge in [0.25, 0.3) is 5.09 Å². The Morgan fingerprint density at radius 2 is 1.97 bits per heavy atom. The van der Waals surface area contributed by atoms with Crippen LogP contribution in [0, 0.1) is 22.0 Å².